The molecule has 146 valence electrons. The minimum Gasteiger partial charge on any atom is -0.458 e. The van der Waals surface area contributed by atoms with Crippen molar-refractivity contribution in [2.45, 2.75) is 13.8 Å². The molecule has 2 aromatic rings. The summed E-state index contributed by atoms with van der Waals surface area (Å²) in [4.78, 5) is 29.4. The summed E-state index contributed by atoms with van der Waals surface area (Å²) in [6.07, 6.45) is 0. The zero-order chi connectivity index (χ0) is 19.9. The van der Waals surface area contributed by atoms with Gasteiger partial charge in [0.15, 0.2) is 0 Å². The van der Waals surface area contributed by atoms with Crippen LogP contribution in [0.15, 0.2) is 59.7 Å². The highest BCUT2D eigenvalue weighted by Crippen LogP contribution is 2.25. The number of anilines is 2. The molecule has 0 unspecified atom stereocenters. The van der Waals surface area contributed by atoms with Crippen LogP contribution < -0.4 is 10.3 Å². The summed E-state index contributed by atoms with van der Waals surface area (Å²) in [6.45, 7) is 6.71. The van der Waals surface area contributed by atoms with E-state index in [2.05, 4.69) is 29.3 Å². The maximum Gasteiger partial charge on any atom is 0.376 e. The number of carbonyl (C=O) groups is 2. The van der Waals surface area contributed by atoms with Gasteiger partial charge in [0.05, 0.1) is 16.9 Å². The molecule has 2 aromatic carbocycles. The molecule has 1 heterocycles. The van der Waals surface area contributed by atoms with E-state index in [9.17, 15) is 9.59 Å². The number of ether oxygens (including phenoxy) is 1. The molecule has 1 amide bonds. The summed E-state index contributed by atoms with van der Waals surface area (Å²) in [5, 5.41) is 4.19. The summed E-state index contributed by atoms with van der Waals surface area (Å²) in [5.41, 5.74) is 4.34. The SMILES string of the molecule is CCN(CC)CCOC(=O)C1=NNc2ccccc2C(=O)N1c1ccccc1. The van der Waals surface area contributed by atoms with E-state index in [1.807, 2.05) is 6.07 Å². The Morgan fingerprint density at radius 2 is 1.75 bits per heavy atom. The summed E-state index contributed by atoms with van der Waals surface area (Å²) >= 11 is 0. The van der Waals surface area contributed by atoms with Crippen molar-refractivity contribution in [1.82, 2.24) is 4.90 Å². The van der Waals surface area contributed by atoms with E-state index < -0.39 is 5.97 Å². The van der Waals surface area contributed by atoms with Gasteiger partial charge in [-0.3, -0.25) is 15.1 Å². The second-order valence-corrected chi connectivity index (χ2v) is 6.23. The molecule has 0 saturated carbocycles. The third-order valence-electron chi connectivity index (χ3n) is 4.59. The second kappa shape index (κ2) is 9.14. The third-order valence-corrected chi connectivity index (χ3v) is 4.59. The number of rotatable bonds is 7. The molecule has 0 fully saturated rings. The van der Waals surface area contributed by atoms with E-state index >= 15 is 0 Å². The largest absolute Gasteiger partial charge is 0.458 e. The van der Waals surface area contributed by atoms with Gasteiger partial charge in [-0.25, -0.2) is 4.79 Å². The Labute approximate surface area is 164 Å². The number of benzene rings is 2. The quantitative estimate of drug-likeness (QED) is 0.748. The lowest BCUT2D eigenvalue weighted by atomic mass is 10.1. The molecule has 1 N–H and O–H groups in total. The number of esters is 1. The van der Waals surface area contributed by atoms with E-state index in [1.54, 1.807) is 48.5 Å². The van der Waals surface area contributed by atoms with Crippen LogP contribution in [0.5, 0.6) is 0 Å². The molecule has 0 aromatic heterocycles. The lowest BCUT2D eigenvalue weighted by Crippen LogP contribution is -2.42. The second-order valence-electron chi connectivity index (χ2n) is 6.23. The number of hydrogen-bond donors (Lipinski definition) is 1. The summed E-state index contributed by atoms with van der Waals surface area (Å²) in [6, 6.07) is 16.0. The highest BCUT2D eigenvalue weighted by Gasteiger charge is 2.32. The maximum absolute atomic E-state index is 13.2. The van der Waals surface area contributed by atoms with Crippen molar-refractivity contribution in [3.05, 3.63) is 60.2 Å². The lowest BCUT2D eigenvalue weighted by Gasteiger charge is -2.22. The van der Waals surface area contributed by atoms with Crippen LogP contribution >= 0.6 is 0 Å². The standard InChI is InChI=1S/C21H24N4O3/c1-3-24(4-2)14-15-28-21(27)19-23-22-18-13-9-8-12-17(18)20(26)25(19)16-10-6-5-7-11-16/h5-13,22H,3-4,14-15H2,1-2H3. The molecule has 0 aliphatic carbocycles. The highest BCUT2D eigenvalue weighted by molar-refractivity contribution is 6.48. The van der Waals surface area contributed by atoms with Gasteiger partial charge in [-0.15, -0.1) is 5.10 Å². The molecule has 0 spiro atoms. The number of nitrogens with one attached hydrogen (secondary N) is 1. The number of hydrogen-bond acceptors (Lipinski definition) is 6. The average Bonchev–Trinajstić information content (AvgIpc) is 2.88. The van der Waals surface area contributed by atoms with Crippen LogP contribution in [0, 0.1) is 0 Å². The fourth-order valence-corrected chi connectivity index (χ4v) is 2.97. The fraction of sp³-hybridized carbons (Fsp3) is 0.286. The zero-order valence-electron chi connectivity index (χ0n) is 16.1. The van der Waals surface area contributed by atoms with Crippen LogP contribution in [0.2, 0.25) is 0 Å². The highest BCUT2D eigenvalue weighted by atomic mass is 16.5. The van der Waals surface area contributed by atoms with Crippen molar-refractivity contribution in [3.63, 3.8) is 0 Å². The Hall–Kier alpha value is -3.19. The smallest absolute Gasteiger partial charge is 0.376 e. The van der Waals surface area contributed by atoms with E-state index in [1.165, 1.54) is 4.90 Å². The summed E-state index contributed by atoms with van der Waals surface area (Å²) in [5.74, 6) is -1.08. The molecule has 0 saturated heterocycles. The van der Waals surface area contributed by atoms with Crippen LogP contribution in [-0.4, -0.2) is 48.9 Å². The van der Waals surface area contributed by atoms with Crippen molar-refractivity contribution in [2.75, 3.05) is 36.6 Å². The van der Waals surface area contributed by atoms with Crippen molar-refractivity contribution in [1.29, 1.82) is 0 Å². The molecule has 3 rings (SSSR count). The molecular weight excluding hydrogens is 356 g/mol. The fourth-order valence-electron chi connectivity index (χ4n) is 2.97. The number of nitrogens with zero attached hydrogens (tertiary/aromatic N) is 3. The Morgan fingerprint density at radius 3 is 2.46 bits per heavy atom. The normalized spacial score (nSPS) is 13.5. The van der Waals surface area contributed by atoms with Gasteiger partial charge in [-0.1, -0.05) is 44.2 Å². The number of fused-ring (bicyclic) bond motifs is 1. The maximum atomic E-state index is 13.2. The van der Waals surface area contributed by atoms with Gasteiger partial charge in [0, 0.05) is 6.54 Å². The number of hydrazone groups is 1. The Bertz CT molecular complexity index is 863. The van der Waals surface area contributed by atoms with E-state index in [0.29, 0.717) is 23.5 Å². The molecule has 0 bridgehead atoms. The first-order chi connectivity index (χ1) is 13.7. The molecule has 28 heavy (non-hydrogen) atoms. The van der Waals surface area contributed by atoms with Crippen molar-refractivity contribution >= 4 is 29.1 Å². The lowest BCUT2D eigenvalue weighted by molar-refractivity contribution is -0.136. The predicted molar refractivity (Wildman–Crippen MR) is 109 cm³/mol. The molecular formula is C21H24N4O3. The number of para-hydroxylation sites is 2. The number of amidine groups is 1. The van der Waals surface area contributed by atoms with E-state index in [0.717, 1.165) is 13.1 Å². The first kappa shape index (κ1) is 19.6. The van der Waals surface area contributed by atoms with Gasteiger partial charge < -0.3 is 9.64 Å². The van der Waals surface area contributed by atoms with Crippen LogP contribution in [0.3, 0.4) is 0 Å². The minimum atomic E-state index is -0.648. The van der Waals surface area contributed by atoms with Gasteiger partial charge in [0.1, 0.15) is 6.61 Å². The molecule has 7 nitrogen and oxygen atoms in total. The average molecular weight is 380 g/mol. The number of carbonyl (C=O) groups excluding carboxylic acids is 2. The molecule has 1 aliphatic heterocycles. The topological polar surface area (TPSA) is 74.2 Å². The number of amides is 1. The minimum absolute atomic E-state index is 0.0908. The first-order valence-corrected chi connectivity index (χ1v) is 9.37. The van der Waals surface area contributed by atoms with Gasteiger partial charge >= 0.3 is 5.97 Å². The van der Waals surface area contributed by atoms with Gasteiger partial charge in [-0.05, 0) is 37.4 Å². The van der Waals surface area contributed by atoms with Crippen LogP contribution in [-0.2, 0) is 9.53 Å². The summed E-state index contributed by atoms with van der Waals surface area (Å²) < 4.78 is 5.42. The molecule has 0 radical (unpaired) electrons. The predicted octanol–water partition coefficient (Wildman–Crippen LogP) is 2.96. The van der Waals surface area contributed by atoms with Crippen LogP contribution in [0.4, 0.5) is 11.4 Å². The zero-order valence-corrected chi connectivity index (χ0v) is 16.1. The van der Waals surface area contributed by atoms with Crippen molar-refractivity contribution < 1.29 is 14.3 Å². The molecule has 7 heteroatoms. The van der Waals surface area contributed by atoms with Gasteiger partial charge in [0.25, 0.3) is 5.91 Å². The third kappa shape index (κ3) is 4.20. The summed E-state index contributed by atoms with van der Waals surface area (Å²) in [7, 11) is 0. The van der Waals surface area contributed by atoms with Gasteiger partial charge in [-0.2, -0.15) is 0 Å². The monoisotopic (exact) mass is 380 g/mol. The van der Waals surface area contributed by atoms with Crippen molar-refractivity contribution in [2.24, 2.45) is 5.10 Å². The first-order valence-electron chi connectivity index (χ1n) is 9.37. The van der Waals surface area contributed by atoms with E-state index in [-0.39, 0.29) is 18.3 Å². The van der Waals surface area contributed by atoms with Crippen molar-refractivity contribution in [3.8, 4) is 0 Å². The van der Waals surface area contributed by atoms with Crippen LogP contribution in [0.25, 0.3) is 0 Å². The van der Waals surface area contributed by atoms with Crippen LogP contribution in [0.1, 0.15) is 24.2 Å². The van der Waals surface area contributed by atoms with E-state index in [4.69, 9.17) is 4.74 Å². The Balaban J connectivity index is 1.88. The Kier molecular flexibility index (Phi) is 6.39. The van der Waals surface area contributed by atoms with Gasteiger partial charge in [0.2, 0.25) is 5.84 Å². The molecule has 1 aliphatic rings. The molecule has 0 atom stereocenters. The Morgan fingerprint density at radius 1 is 1.07 bits per heavy atom. The number of likely N-dealkylation sites (N-methyl/N-ethyl adjacent to an activating group) is 1.